The molecule has 0 radical (unpaired) electrons. The van der Waals surface area contributed by atoms with Crippen LogP contribution in [0, 0.1) is 0 Å². The maximum absolute atomic E-state index is 5.96. The fourth-order valence-electron chi connectivity index (χ4n) is 2.88. The molecule has 0 aliphatic carbocycles. The highest BCUT2D eigenvalue weighted by atomic mass is 35.5. The molecule has 0 atom stereocenters. The molecule has 0 aromatic heterocycles. The van der Waals surface area contributed by atoms with E-state index in [0.717, 1.165) is 35.2 Å². The van der Waals surface area contributed by atoms with E-state index in [1.165, 1.54) is 37.7 Å². The number of halogens is 1. The van der Waals surface area contributed by atoms with E-state index < -0.39 is 0 Å². The van der Waals surface area contributed by atoms with Crippen LogP contribution in [0.4, 0.5) is 0 Å². The minimum atomic E-state index is 0.493. The van der Waals surface area contributed by atoms with E-state index in [2.05, 4.69) is 24.4 Å². The summed E-state index contributed by atoms with van der Waals surface area (Å²) in [5.74, 6) is 1.57. The molecule has 3 nitrogen and oxygen atoms in total. The topological polar surface area (TPSA) is 30.5 Å². The summed E-state index contributed by atoms with van der Waals surface area (Å²) in [6, 6.07) is 13.9. The van der Waals surface area contributed by atoms with Gasteiger partial charge in [-0.15, -0.1) is 0 Å². The second-order valence-corrected chi connectivity index (χ2v) is 7.16. The first-order valence-electron chi connectivity index (χ1n) is 10.1. The predicted octanol–water partition coefficient (Wildman–Crippen LogP) is 6.38. The summed E-state index contributed by atoms with van der Waals surface area (Å²) in [5, 5.41) is 4.25. The molecular weight excluding hydrogens is 358 g/mol. The number of ether oxygens (including phenoxy) is 2. The maximum Gasteiger partial charge on any atom is 0.161 e. The molecule has 27 heavy (non-hydrogen) atoms. The van der Waals surface area contributed by atoms with Gasteiger partial charge >= 0.3 is 0 Å². The van der Waals surface area contributed by atoms with Gasteiger partial charge < -0.3 is 14.8 Å². The first kappa shape index (κ1) is 21.6. The number of hydrogen-bond acceptors (Lipinski definition) is 3. The van der Waals surface area contributed by atoms with E-state index in [1.807, 2.05) is 37.3 Å². The van der Waals surface area contributed by atoms with Crippen LogP contribution in [-0.2, 0) is 13.2 Å². The van der Waals surface area contributed by atoms with Gasteiger partial charge in [0.25, 0.3) is 0 Å². The van der Waals surface area contributed by atoms with Crippen LogP contribution >= 0.6 is 11.6 Å². The number of unbranched alkanes of at least 4 members (excludes halogenated alkanes) is 4. The van der Waals surface area contributed by atoms with Gasteiger partial charge in [0, 0.05) is 11.6 Å². The number of rotatable bonds is 13. The van der Waals surface area contributed by atoms with Gasteiger partial charge in [0.1, 0.15) is 6.61 Å². The molecule has 0 fully saturated rings. The molecule has 2 aromatic carbocycles. The average molecular weight is 390 g/mol. The highest BCUT2D eigenvalue weighted by molar-refractivity contribution is 6.30. The van der Waals surface area contributed by atoms with Crippen molar-refractivity contribution in [1.29, 1.82) is 0 Å². The van der Waals surface area contributed by atoms with Crippen molar-refractivity contribution in [2.45, 2.75) is 59.1 Å². The molecule has 0 saturated heterocycles. The number of hydrogen-bond donors (Lipinski definition) is 1. The van der Waals surface area contributed by atoms with Crippen LogP contribution < -0.4 is 14.8 Å². The molecule has 0 bridgehead atoms. The molecule has 0 aliphatic rings. The molecular formula is C23H32ClNO2. The van der Waals surface area contributed by atoms with Crippen molar-refractivity contribution in [3.8, 4) is 11.5 Å². The van der Waals surface area contributed by atoms with Gasteiger partial charge in [0.2, 0.25) is 0 Å². The second-order valence-electron chi connectivity index (χ2n) is 6.72. The van der Waals surface area contributed by atoms with Gasteiger partial charge in [0.15, 0.2) is 11.5 Å². The maximum atomic E-state index is 5.96. The summed E-state index contributed by atoms with van der Waals surface area (Å²) < 4.78 is 11.7. The zero-order chi connectivity index (χ0) is 19.3. The Labute approximate surface area is 169 Å². The van der Waals surface area contributed by atoms with Crippen molar-refractivity contribution in [2.24, 2.45) is 0 Å². The lowest BCUT2D eigenvalue weighted by Crippen LogP contribution is -2.14. The Morgan fingerprint density at radius 2 is 1.56 bits per heavy atom. The van der Waals surface area contributed by atoms with Crippen molar-refractivity contribution < 1.29 is 9.47 Å². The third-order valence-corrected chi connectivity index (χ3v) is 4.65. The molecule has 4 heteroatoms. The van der Waals surface area contributed by atoms with E-state index in [-0.39, 0.29) is 0 Å². The summed E-state index contributed by atoms with van der Waals surface area (Å²) in [6.07, 6.45) is 6.52. The third kappa shape index (κ3) is 8.23. The Hall–Kier alpha value is -1.71. The molecule has 0 amide bonds. The zero-order valence-electron chi connectivity index (χ0n) is 16.6. The Kier molecular flexibility index (Phi) is 10.1. The fourth-order valence-corrected chi connectivity index (χ4v) is 3.00. The van der Waals surface area contributed by atoms with Gasteiger partial charge in [-0.2, -0.15) is 0 Å². The van der Waals surface area contributed by atoms with Crippen molar-refractivity contribution >= 4 is 11.6 Å². The lowest BCUT2D eigenvalue weighted by Gasteiger charge is -2.14. The van der Waals surface area contributed by atoms with E-state index in [0.29, 0.717) is 13.2 Å². The summed E-state index contributed by atoms with van der Waals surface area (Å²) in [4.78, 5) is 0. The smallest absolute Gasteiger partial charge is 0.161 e. The molecule has 0 heterocycles. The summed E-state index contributed by atoms with van der Waals surface area (Å²) in [5.41, 5.74) is 2.29. The van der Waals surface area contributed by atoms with Crippen molar-refractivity contribution in [2.75, 3.05) is 13.2 Å². The van der Waals surface area contributed by atoms with Crippen LogP contribution in [0.25, 0.3) is 0 Å². The van der Waals surface area contributed by atoms with Gasteiger partial charge in [0.05, 0.1) is 6.61 Å². The van der Waals surface area contributed by atoms with Crippen LogP contribution in [0.15, 0.2) is 42.5 Å². The standard InChI is InChI=1S/C23H32ClNO2/c1-3-5-6-7-8-15-25-17-20-11-14-22(23(16-20)26-4-2)27-18-19-9-12-21(24)13-10-19/h9-14,16,25H,3-8,15,17-18H2,1-2H3. The lowest BCUT2D eigenvalue weighted by atomic mass is 10.1. The first-order valence-corrected chi connectivity index (χ1v) is 10.4. The Bertz CT molecular complexity index is 658. The summed E-state index contributed by atoms with van der Waals surface area (Å²) in [7, 11) is 0. The normalized spacial score (nSPS) is 10.8. The lowest BCUT2D eigenvalue weighted by molar-refractivity contribution is 0.269. The molecule has 0 aliphatic heterocycles. The van der Waals surface area contributed by atoms with E-state index in [9.17, 15) is 0 Å². The van der Waals surface area contributed by atoms with Gasteiger partial charge in [-0.1, -0.05) is 62.4 Å². The minimum Gasteiger partial charge on any atom is -0.490 e. The van der Waals surface area contributed by atoms with Crippen molar-refractivity contribution in [3.63, 3.8) is 0 Å². The van der Waals surface area contributed by atoms with E-state index in [4.69, 9.17) is 21.1 Å². The summed E-state index contributed by atoms with van der Waals surface area (Å²) >= 11 is 5.93. The first-order chi connectivity index (χ1) is 13.2. The molecule has 2 aromatic rings. The van der Waals surface area contributed by atoms with Crippen LogP contribution in [0.5, 0.6) is 11.5 Å². The van der Waals surface area contributed by atoms with Gasteiger partial charge in [-0.05, 0) is 55.3 Å². The quantitative estimate of drug-likeness (QED) is 0.403. The zero-order valence-corrected chi connectivity index (χ0v) is 17.4. The molecule has 0 saturated carbocycles. The Morgan fingerprint density at radius 3 is 2.30 bits per heavy atom. The monoisotopic (exact) mass is 389 g/mol. The number of benzene rings is 2. The van der Waals surface area contributed by atoms with Crippen LogP contribution in [-0.4, -0.2) is 13.2 Å². The molecule has 0 unspecified atom stereocenters. The van der Waals surface area contributed by atoms with Crippen molar-refractivity contribution in [1.82, 2.24) is 5.32 Å². The highest BCUT2D eigenvalue weighted by Crippen LogP contribution is 2.29. The molecule has 148 valence electrons. The largest absolute Gasteiger partial charge is 0.490 e. The number of nitrogens with one attached hydrogen (secondary N) is 1. The van der Waals surface area contributed by atoms with Crippen LogP contribution in [0.2, 0.25) is 5.02 Å². The van der Waals surface area contributed by atoms with E-state index in [1.54, 1.807) is 0 Å². The molecule has 2 rings (SSSR count). The highest BCUT2D eigenvalue weighted by Gasteiger charge is 2.07. The van der Waals surface area contributed by atoms with E-state index >= 15 is 0 Å². The van der Waals surface area contributed by atoms with Gasteiger partial charge in [-0.25, -0.2) is 0 Å². The average Bonchev–Trinajstić information content (AvgIpc) is 2.68. The molecule has 1 N–H and O–H groups in total. The van der Waals surface area contributed by atoms with Crippen LogP contribution in [0.3, 0.4) is 0 Å². The molecule has 0 spiro atoms. The minimum absolute atomic E-state index is 0.493. The fraction of sp³-hybridized carbons (Fsp3) is 0.478. The second kappa shape index (κ2) is 12.6. The van der Waals surface area contributed by atoms with Crippen LogP contribution in [0.1, 0.15) is 57.1 Å². The Morgan fingerprint density at radius 1 is 0.815 bits per heavy atom. The van der Waals surface area contributed by atoms with Crippen molar-refractivity contribution in [3.05, 3.63) is 58.6 Å². The predicted molar refractivity (Wildman–Crippen MR) is 114 cm³/mol. The Balaban J connectivity index is 1.84. The summed E-state index contributed by atoms with van der Waals surface area (Å²) in [6.45, 7) is 7.26. The SMILES string of the molecule is CCCCCCCNCc1ccc(OCc2ccc(Cl)cc2)c(OCC)c1. The van der Waals surface area contributed by atoms with Gasteiger partial charge in [-0.3, -0.25) is 0 Å². The third-order valence-electron chi connectivity index (χ3n) is 4.40.